The largest absolute Gasteiger partial charge is 0.496 e. The van der Waals surface area contributed by atoms with E-state index in [4.69, 9.17) is 24.7 Å². The number of cyclic esters (lactones) is 1. The zero-order chi connectivity index (χ0) is 31.4. The van der Waals surface area contributed by atoms with Crippen LogP contribution in [-0.4, -0.2) is 75.5 Å². The molecule has 2 aliphatic heterocycles. The molecule has 0 aliphatic carbocycles. The molecule has 2 amide bonds. The van der Waals surface area contributed by atoms with E-state index in [1.54, 1.807) is 12.0 Å². The summed E-state index contributed by atoms with van der Waals surface area (Å²) in [6.45, 7) is 13.1. The lowest BCUT2D eigenvalue weighted by Crippen LogP contribution is -2.45. The van der Waals surface area contributed by atoms with E-state index in [0.717, 1.165) is 81.7 Å². The topological polar surface area (TPSA) is 121 Å². The molecular formula is C33H51N3O7. The summed E-state index contributed by atoms with van der Waals surface area (Å²) in [5.41, 5.74) is 10.1. The summed E-state index contributed by atoms with van der Waals surface area (Å²) >= 11 is 0. The van der Waals surface area contributed by atoms with Crippen LogP contribution in [0.25, 0.3) is 0 Å². The molecule has 3 rings (SSSR count). The minimum Gasteiger partial charge on any atom is -0.496 e. The van der Waals surface area contributed by atoms with E-state index in [0.29, 0.717) is 48.4 Å². The van der Waals surface area contributed by atoms with Crippen LogP contribution in [0.4, 0.5) is 10.5 Å². The number of anilines is 1. The number of nitrogens with zero attached hydrogens (tertiary/aromatic N) is 2. The molecule has 0 bridgehead atoms. The van der Waals surface area contributed by atoms with Gasteiger partial charge in [0.05, 0.1) is 38.2 Å². The van der Waals surface area contributed by atoms with Crippen molar-refractivity contribution in [2.75, 3.05) is 51.5 Å². The monoisotopic (exact) mass is 601 g/mol. The molecule has 1 saturated heterocycles. The maximum atomic E-state index is 13.0. The van der Waals surface area contributed by atoms with E-state index >= 15 is 0 Å². The normalized spacial score (nSPS) is 16.0. The molecule has 0 saturated carbocycles. The van der Waals surface area contributed by atoms with Crippen molar-refractivity contribution in [3.05, 3.63) is 33.9 Å². The third-order valence-corrected chi connectivity index (χ3v) is 8.47. The summed E-state index contributed by atoms with van der Waals surface area (Å²) in [5.74, 6) is -0.0544. The van der Waals surface area contributed by atoms with Crippen LogP contribution in [0.3, 0.4) is 0 Å². The first-order valence-electron chi connectivity index (χ1n) is 15.8. The summed E-state index contributed by atoms with van der Waals surface area (Å²) < 4.78 is 22.2. The highest BCUT2D eigenvalue weighted by atomic mass is 16.5. The van der Waals surface area contributed by atoms with Gasteiger partial charge in [0.1, 0.15) is 12.4 Å². The lowest BCUT2D eigenvalue weighted by atomic mass is 9.91. The molecule has 2 N–H and O–H groups in total. The second kappa shape index (κ2) is 17.3. The van der Waals surface area contributed by atoms with Crippen LogP contribution in [0.15, 0.2) is 11.6 Å². The first kappa shape index (κ1) is 34.4. The summed E-state index contributed by atoms with van der Waals surface area (Å²) in [7, 11) is 1.59. The van der Waals surface area contributed by atoms with Gasteiger partial charge in [0.25, 0.3) is 0 Å². The van der Waals surface area contributed by atoms with Gasteiger partial charge in [0, 0.05) is 36.7 Å². The molecule has 0 aromatic heterocycles. The van der Waals surface area contributed by atoms with E-state index in [9.17, 15) is 14.4 Å². The first-order valence-corrected chi connectivity index (χ1v) is 15.8. The van der Waals surface area contributed by atoms with Gasteiger partial charge >= 0.3 is 18.0 Å². The Kier molecular flexibility index (Phi) is 13.8. The molecule has 1 aromatic carbocycles. The van der Waals surface area contributed by atoms with Gasteiger partial charge in [0.15, 0.2) is 0 Å². The fourth-order valence-corrected chi connectivity index (χ4v) is 5.92. The van der Waals surface area contributed by atoms with E-state index in [1.165, 1.54) is 0 Å². The zero-order valence-electron chi connectivity index (χ0n) is 26.8. The Morgan fingerprint density at radius 1 is 1.14 bits per heavy atom. The van der Waals surface area contributed by atoms with Crippen molar-refractivity contribution in [1.82, 2.24) is 4.90 Å². The number of morpholine rings is 1. The molecule has 1 aromatic rings. The van der Waals surface area contributed by atoms with Crippen LogP contribution in [-0.2, 0) is 32.0 Å². The first-order chi connectivity index (χ1) is 20.7. The molecule has 10 nitrogen and oxygen atoms in total. The number of hydrogen-bond donors (Lipinski definition) is 1. The van der Waals surface area contributed by atoms with Crippen LogP contribution >= 0.6 is 0 Å². The van der Waals surface area contributed by atoms with Gasteiger partial charge in [-0.05, 0) is 64.5 Å². The Morgan fingerprint density at radius 3 is 2.53 bits per heavy atom. The maximum Gasteiger partial charge on any atom is 0.341 e. The van der Waals surface area contributed by atoms with Crippen LogP contribution in [0, 0.1) is 6.92 Å². The number of rotatable bonds is 17. The van der Waals surface area contributed by atoms with Crippen molar-refractivity contribution in [1.29, 1.82) is 0 Å². The van der Waals surface area contributed by atoms with Gasteiger partial charge in [0.2, 0.25) is 0 Å². The molecule has 43 heavy (non-hydrogen) atoms. The highest BCUT2D eigenvalue weighted by Crippen LogP contribution is 2.44. The average molecular weight is 602 g/mol. The number of unbranched alkanes of at least 4 members (excludes halogenated alkanes) is 2. The smallest absolute Gasteiger partial charge is 0.341 e. The average Bonchev–Trinajstić information content (AvgIpc) is 3.39. The minimum atomic E-state index is -0.606. The molecule has 0 radical (unpaired) electrons. The number of fused-ring (bicyclic) bond motifs is 1. The Hall–Kier alpha value is -3.11. The fraction of sp³-hybridized carbons (Fsp3) is 0.667. The second-order valence-electron chi connectivity index (χ2n) is 11.5. The van der Waals surface area contributed by atoms with Crippen molar-refractivity contribution >= 4 is 23.7 Å². The lowest BCUT2D eigenvalue weighted by molar-refractivity contribution is -0.143. The quantitative estimate of drug-likeness (QED) is 0.142. The summed E-state index contributed by atoms with van der Waals surface area (Å²) in [5, 5.41) is 0. The van der Waals surface area contributed by atoms with Crippen LogP contribution < -0.4 is 15.4 Å². The van der Waals surface area contributed by atoms with Crippen molar-refractivity contribution in [3.63, 3.8) is 0 Å². The number of benzene rings is 1. The van der Waals surface area contributed by atoms with E-state index in [1.807, 2.05) is 26.8 Å². The molecule has 10 heteroatoms. The number of primary amides is 1. The van der Waals surface area contributed by atoms with Crippen LogP contribution in [0.1, 0.15) is 99.2 Å². The van der Waals surface area contributed by atoms with Crippen molar-refractivity contribution in [2.45, 2.75) is 98.1 Å². The molecule has 2 aliphatic rings. The SMILES string of the molecule is CCCCC(CC)N(C(N)=O)c1c(CC=C(C)CCC(=O)OCCCCN2CCOCC2)c(OC)c(C)c2c1C(=O)OC2. The van der Waals surface area contributed by atoms with Gasteiger partial charge in [-0.25, -0.2) is 9.59 Å². The number of nitrogens with two attached hydrogens (primary N) is 1. The minimum absolute atomic E-state index is 0.131. The van der Waals surface area contributed by atoms with E-state index in [-0.39, 0.29) is 25.0 Å². The third kappa shape index (κ3) is 9.19. The van der Waals surface area contributed by atoms with Gasteiger partial charge < -0.3 is 24.7 Å². The Labute approximate surface area is 256 Å². The van der Waals surface area contributed by atoms with Crippen molar-refractivity contribution in [2.24, 2.45) is 5.73 Å². The molecule has 1 fully saturated rings. The summed E-state index contributed by atoms with van der Waals surface area (Å²) in [4.78, 5) is 42.4. The summed E-state index contributed by atoms with van der Waals surface area (Å²) in [6, 6.07) is -0.778. The predicted molar refractivity (Wildman–Crippen MR) is 167 cm³/mol. The molecule has 2 heterocycles. The molecule has 0 spiro atoms. The number of esters is 2. The number of methoxy groups -OCH3 is 1. The van der Waals surface area contributed by atoms with Gasteiger partial charge in [-0.3, -0.25) is 14.6 Å². The lowest BCUT2D eigenvalue weighted by Gasteiger charge is -2.33. The Morgan fingerprint density at radius 2 is 1.88 bits per heavy atom. The summed E-state index contributed by atoms with van der Waals surface area (Å²) in [6.07, 6.45) is 8.44. The van der Waals surface area contributed by atoms with Crippen LogP contribution in [0.2, 0.25) is 0 Å². The van der Waals surface area contributed by atoms with Gasteiger partial charge in [-0.1, -0.05) is 38.3 Å². The zero-order valence-corrected chi connectivity index (χ0v) is 26.8. The van der Waals surface area contributed by atoms with E-state index in [2.05, 4.69) is 11.8 Å². The number of carbonyl (C=O) groups is 3. The standard InChI is InChI=1S/C33H51N3O7/c1-6-8-11-25(7-2)36(33(34)39)30-26(31(40-5)24(4)27-22-43-32(38)29(27)30)14-12-23(3)13-15-28(37)42-19-10-9-16-35-17-20-41-21-18-35/h12,25H,6-11,13-22H2,1-5H3,(H2,34,39). The Bertz CT molecular complexity index is 1140. The molecule has 240 valence electrons. The van der Waals surface area contributed by atoms with Crippen LogP contribution in [0.5, 0.6) is 5.75 Å². The maximum absolute atomic E-state index is 13.0. The third-order valence-electron chi connectivity index (χ3n) is 8.47. The van der Waals surface area contributed by atoms with E-state index < -0.39 is 12.0 Å². The number of hydrogen-bond acceptors (Lipinski definition) is 8. The number of ether oxygens (including phenoxy) is 4. The Balaban J connectivity index is 1.73. The van der Waals surface area contributed by atoms with Crippen molar-refractivity contribution in [3.8, 4) is 5.75 Å². The highest BCUT2D eigenvalue weighted by molar-refractivity contribution is 6.06. The number of urea groups is 1. The molecule has 1 unspecified atom stereocenters. The highest BCUT2D eigenvalue weighted by Gasteiger charge is 2.37. The number of amides is 2. The molecule has 1 atom stereocenters. The predicted octanol–water partition coefficient (Wildman–Crippen LogP) is 5.45. The van der Waals surface area contributed by atoms with Gasteiger partial charge in [-0.2, -0.15) is 0 Å². The number of carbonyl (C=O) groups excluding carboxylic acids is 3. The fourth-order valence-electron chi connectivity index (χ4n) is 5.92. The molecular weight excluding hydrogens is 550 g/mol. The number of allylic oxidation sites excluding steroid dienone is 2. The van der Waals surface area contributed by atoms with Crippen molar-refractivity contribution < 1.29 is 33.3 Å². The van der Waals surface area contributed by atoms with Gasteiger partial charge in [-0.15, -0.1) is 0 Å². The second-order valence-corrected chi connectivity index (χ2v) is 11.5.